The lowest BCUT2D eigenvalue weighted by molar-refractivity contribution is -0.194. The van der Waals surface area contributed by atoms with Crippen molar-refractivity contribution in [1.29, 1.82) is 0 Å². The van der Waals surface area contributed by atoms with E-state index >= 15 is 0 Å². The summed E-state index contributed by atoms with van der Waals surface area (Å²) in [6.45, 7) is 1.21. The fourth-order valence-electron chi connectivity index (χ4n) is 5.29. The molecule has 7 nitrogen and oxygen atoms in total. The van der Waals surface area contributed by atoms with Gasteiger partial charge in [-0.15, -0.1) is 0 Å². The molecule has 0 N–H and O–H groups in total. The number of likely N-dealkylation sites (tertiary alicyclic amines) is 1. The maximum absolute atomic E-state index is 14.3. The first-order valence-electron chi connectivity index (χ1n) is 10.2. The Kier molecular flexibility index (Phi) is 4.39. The van der Waals surface area contributed by atoms with Gasteiger partial charge in [0.15, 0.2) is 5.41 Å². The smallest absolute Gasteiger partial charge is 0.340 e. The van der Waals surface area contributed by atoms with Crippen molar-refractivity contribution in [3.63, 3.8) is 0 Å². The third-order valence-electron chi connectivity index (χ3n) is 6.89. The summed E-state index contributed by atoms with van der Waals surface area (Å²) in [5.41, 5.74) is -2.51. The van der Waals surface area contributed by atoms with Crippen LogP contribution in [-0.4, -0.2) is 68.7 Å². The Morgan fingerprint density at radius 3 is 2.57 bits per heavy atom. The van der Waals surface area contributed by atoms with Gasteiger partial charge in [0, 0.05) is 31.0 Å². The maximum atomic E-state index is 14.3. The van der Waals surface area contributed by atoms with E-state index in [-0.39, 0.29) is 24.7 Å². The van der Waals surface area contributed by atoms with Crippen molar-refractivity contribution in [3.8, 4) is 11.4 Å². The van der Waals surface area contributed by atoms with Crippen LogP contribution in [0.5, 0.6) is 0 Å². The molecular formula is C20H22F3N5O2. The minimum atomic E-state index is -4.62. The van der Waals surface area contributed by atoms with Crippen molar-refractivity contribution in [2.24, 2.45) is 0 Å². The number of halogens is 3. The van der Waals surface area contributed by atoms with Crippen LogP contribution in [-0.2, 0) is 10.2 Å². The quantitative estimate of drug-likeness (QED) is 0.759. The number of hydrogen-bond donors (Lipinski definition) is 0. The van der Waals surface area contributed by atoms with Crippen molar-refractivity contribution in [1.82, 2.24) is 24.9 Å². The van der Waals surface area contributed by atoms with Gasteiger partial charge in [-0.1, -0.05) is 5.16 Å². The number of nitrogens with zero attached hydrogens (tertiary/aromatic N) is 5. The van der Waals surface area contributed by atoms with Gasteiger partial charge in [0.2, 0.25) is 17.6 Å². The van der Waals surface area contributed by atoms with Crippen molar-refractivity contribution >= 4 is 5.91 Å². The summed E-state index contributed by atoms with van der Waals surface area (Å²) in [6, 6.07) is 3.30. The molecule has 0 aliphatic carbocycles. The second-order valence-electron chi connectivity index (χ2n) is 8.45. The lowest BCUT2D eigenvalue weighted by atomic mass is 9.86. The largest absolute Gasteiger partial charge is 0.405 e. The highest BCUT2D eigenvalue weighted by Crippen LogP contribution is 2.49. The average Bonchev–Trinajstić information content (AvgIpc) is 3.50. The Balaban J connectivity index is 1.45. The van der Waals surface area contributed by atoms with Crippen LogP contribution in [0.4, 0.5) is 13.2 Å². The van der Waals surface area contributed by atoms with E-state index in [1.165, 1.54) is 11.1 Å². The molecule has 2 aromatic heterocycles. The molecule has 160 valence electrons. The van der Waals surface area contributed by atoms with Crippen LogP contribution in [0.15, 0.2) is 29.0 Å². The molecule has 30 heavy (non-hydrogen) atoms. The second-order valence-corrected chi connectivity index (χ2v) is 8.45. The summed E-state index contributed by atoms with van der Waals surface area (Å²) >= 11 is 0. The van der Waals surface area contributed by atoms with Crippen molar-refractivity contribution in [2.45, 2.75) is 49.2 Å². The number of fused-ring (bicyclic) bond motifs is 1. The van der Waals surface area contributed by atoms with E-state index in [1.54, 1.807) is 18.3 Å². The summed E-state index contributed by atoms with van der Waals surface area (Å²) in [4.78, 5) is 24.9. The van der Waals surface area contributed by atoms with Gasteiger partial charge in [-0.25, -0.2) is 0 Å². The summed E-state index contributed by atoms with van der Waals surface area (Å²) in [5.74, 6) is -0.616. The standard InChI is InChI=1S/C20H22F3N5O2/c21-20(22,23)18(16-25-15(26-30-16)14-4-1-8-24-12-14)7-11-27(13-18)17(29)19-5-2-9-28(19)10-3-6-19/h1,4,8,12H,2-3,5-7,9-11,13H2. The Hall–Kier alpha value is -2.49. The number of carbonyl (C=O) groups is 1. The lowest BCUT2D eigenvalue weighted by Gasteiger charge is -2.35. The van der Waals surface area contributed by atoms with Crippen LogP contribution in [0, 0.1) is 0 Å². The molecular weight excluding hydrogens is 399 g/mol. The molecule has 0 bridgehead atoms. The molecule has 3 fully saturated rings. The van der Waals surface area contributed by atoms with E-state index in [4.69, 9.17) is 4.52 Å². The zero-order valence-electron chi connectivity index (χ0n) is 16.4. The molecule has 1 unspecified atom stereocenters. The van der Waals surface area contributed by atoms with Gasteiger partial charge < -0.3 is 9.42 Å². The minimum absolute atomic E-state index is 0.0263. The summed E-state index contributed by atoms with van der Waals surface area (Å²) in [5, 5.41) is 3.75. The fourth-order valence-corrected chi connectivity index (χ4v) is 5.29. The van der Waals surface area contributed by atoms with Crippen LogP contribution in [0.25, 0.3) is 11.4 Å². The molecule has 1 atom stereocenters. The number of alkyl halides is 3. The summed E-state index contributed by atoms with van der Waals surface area (Å²) in [6.07, 6.45) is 1.35. The Bertz CT molecular complexity index is 937. The topological polar surface area (TPSA) is 75.4 Å². The minimum Gasteiger partial charge on any atom is -0.340 e. The van der Waals surface area contributed by atoms with Gasteiger partial charge in [0.05, 0.1) is 0 Å². The molecule has 0 saturated carbocycles. The number of carbonyl (C=O) groups excluding carboxylic acids is 1. The lowest BCUT2D eigenvalue weighted by Crippen LogP contribution is -2.54. The van der Waals surface area contributed by atoms with Crippen molar-refractivity contribution in [2.75, 3.05) is 26.2 Å². The van der Waals surface area contributed by atoms with Gasteiger partial charge in [-0.05, 0) is 57.3 Å². The number of pyridine rings is 1. The summed E-state index contributed by atoms with van der Waals surface area (Å²) in [7, 11) is 0. The molecule has 3 saturated heterocycles. The first kappa shape index (κ1) is 19.5. The van der Waals surface area contributed by atoms with Crippen LogP contribution in [0.1, 0.15) is 38.0 Å². The molecule has 10 heteroatoms. The van der Waals surface area contributed by atoms with Gasteiger partial charge in [-0.3, -0.25) is 14.7 Å². The molecule has 3 aliphatic rings. The Morgan fingerprint density at radius 2 is 1.90 bits per heavy atom. The Morgan fingerprint density at radius 1 is 1.13 bits per heavy atom. The third-order valence-corrected chi connectivity index (χ3v) is 6.89. The molecule has 5 rings (SSSR count). The van der Waals surface area contributed by atoms with Crippen molar-refractivity contribution < 1.29 is 22.5 Å². The average molecular weight is 421 g/mol. The summed E-state index contributed by atoms with van der Waals surface area (Å²) < 4.78 is 48.0. The SMILES string of the molecule is O=C(N1CCC(c2nc(-c3cccnc3)no2)(C(F)(F)F)C1)C12CCCN1CCC2. The number of hydrogen-bond acceptors (Lipinski definition) is 6. The third kappa shape index (κ3) is 2.76. The first-order chi connectivity index (χ1) is 14.4. The Labute approximate surface area is 171 Å². The van der Waals surface area contributed by atoms with E-state index in [0.717, 1.165) is 25.9 Å². The number of rotatable bonds is 3. The predicted molar refractivity (Wildman–Crippen MR) is 99.2 cm³/mol. The van der Waals surface area contributed by atoms with Crippen LogP contribution < -0.4 is 0 Å². The molecule has 0 radical (unpaired) electrons. The van der Waals surface area contributed by atoms with Crippen molar-refractivity contribution in [3.05, 3.63) is 30.4 Å². The first-order valence-corrected chi connectivity index (χ1v) is 10.2. The number of amides is 1. The van der Waals surface area contributed by atoms with E-state index in [9.17, 15) is 18.0 Å². The van der Waals surface area contributed by atoms with Crippen LogP contribution in [0.2, 0.25) is 0 Å². The molecule has 1 amide bonds. The van der Waals surface area contributed by atoms with Crippen LogP contribution >= 0.6 is 0 Å². The molecule has 2 aromatic rings. The molecule has 0 spiro atoms. The fraction of sp³-hybridized carbons (Fsp3) is 0.600. The second kappa shape index (κ2) is 6.76. The van der Waals surface area contributed by atoms with Gasteiger partial charge in [-0.2, -0.15) is 18.2 Å². The maximum Gasteiger partial charge on any atom is 0.405 e. The zero-order valence-corrected chi connectivity index (χ0v) is 16.4. The highest BCUT2D eigenvalue weighted by molar-refractivity contribution is 5.87. The number of aromatic nitrogens is 3. The molecule has 5 heterocycles. The van der Waals surface area contributed by atoms with Gasteiger partial charge in [0.25, 0.3) is 0 Å². The normalized spacial score (nSPS) is 26.3. The highest BCUT2D eigenvalue weighted by Gasteiger charge is 2.65. The molecule has 0 aromatic carbocycles. The predicted octanol–water partition coefficient (Wildman–Crippen LogP) is 2.79. The van der Waals surface area contributed by atoms with Crippen LogP contribution in [0.3, 0.4) is 0 Å². The monoisotopic (exact) mass is 421 g/mol. The van der Waals surface area contributed by atoms with E-state index < -0.39 is 29.6 Å². The van der Waals surface area contributed by atoms with E-state index in [2.05, 4.69) is 20.0 Å². The van der Waals surface area contributed by atoms with E-state index in [1.807, 2.05) is 0 Å². The molecule has 3 aliphatic heterocycles. The van der Waals surface area contributed by atoms with Gasteiger partial charge >= 0.3 is 6.18 Å². The highest BCUT2D eigenvalue weighted by atomic mass is 19.4. The van der Waals surface area contributed by atoms with Gasteiger partial charge in [0.1, 0.15) is 5.54 Å². The van der Waals surface area contributed by atoms with E-state index in [0.29, 0.717) is 18.4 Å². The zero-order chi connectivity index (χ0) is 21.0.